The molecule has 0 saturated carbocycles. The number of ether oxygens (including phenoxy) is 2. The first-order chi connectivity index (χ1) is 10.8. The summed E-state index contributed by atoms with van der Waals surface area (Å²) in [5, 5.41) is 0. The van der Waals surface area contributed by atoms with Crippen molar-refractivity contribution in [2.45, 2.75) is 12.5 Å². The fraction of sp³-hybridized carbons (Fsp3) is 0.312. The van der Waals surface area contributed by atoms with Gasteiger partial charge in [-0.3, -0.25) is 4.79 Å². The average molecular weight is 299 g/mol. The molecule has 0 bridgehead atoms. The molecule has 0 N–H and O–H groups in total. The largest absolute Gasteiger partial charge is 0.480 e. The van der Waals surface area contributed by atoms with Gasteiger partial charge >= 0.3 is 0 Å². The number of pyridine rings is 2. The molecule has 1 unspecified atom stereocenters. The number of nitrogens with zero attached hydrogens (tertiary/aromatic N) is 3. The molecule has 1 amide bonds. The minimum Gasteiger partial charge on any atom is -0.480 e. The Morgan fingerprint density at radius 1 is 1.23 bits per heavy atom. The van der Waals surface area contributed by atoms with Crippen LogP contribution in [0.15, 0.2) is 42.7 Å². The highest BCUT2D eigenvalue weighted by molar-refractivity contribution is 5.96. The maximum atomic E-state index is 12.6. The van der Waals surface area contributed by atoms with Crippen molar-refractivity contribution >= 4 is 5.91 Å². The van der Waals surface area contributed by atoms with E-state index in [1.54, 1.807) is 29.4 Å². The molecular weight excluding hydrogens is 282 g/mol. The lowest BCUT2D eigenvalue weighted by Gasteiger charge is -2.17. The van der Waals surface area contributed by atoms with Crippen LogP contribution in [0.2, 0.25) is 0 Å². The lowest BCUT2D eigenvalue weighted by atomic mass is 10.2. The Hall–Kier alpha value is -2.63. The first-order valence-electron chi connectivity index (χ1n) is 7.14. The zero-order valence-electron chi connectivity index (χ0n) is 12.3. The Balaban J connectivity index is 1.66. The molecule has 22 heavy (non-hydrogen) atoms. The van der Waals surface area contributed by atoms with E-state index in [0.29, 0.717) is 30.4 Å². The Labute approximate surface area is 128 Å². The van der Waals surface area contributed by atoms with Crippen molar-refractivity contribution in [3.05, 3.63) is 48.3 Å². The van der Waals surface area contributed by atoms with Gasteiger partial charge in [-0.1, -0.05) is 6.07 Å². The van der Waals surface area contributed by atoms with Crippen molar-refractivity contribution in [2.75, 3.05) is 20.2 Å². The van der Waals surface area contributed by atoms with Gasteiger partial charge in [0.15, 0.2) is 0 Å². The quantitative estimate of drug-likeness (QED) is 0.861. The van der Waals surface area contributed by atoms with Crippen LogP contribution in [0, 0.1) is 0 Å². The Kier molecular flexibility index (Phi) is 4.18. The highest BCUT2D eigenvalue weighted by atomic mass is 16.5. The van der Waals surface area contributed by atoms with E-state index in [4.69, 9.17) is 9.47 Å². The third-order valence-electron chi connectivity index (χ3n) is 3.55. The van der Waals surface area contributed by atoms with E-state index in [9.17, 15) is 4.79 Å². The Morgan fingerprint density at radius 3 is 2.86 bits per heavy atom. The van der Waals surface area contributed by atoms with Crippen LogP contribution in [0.4, 0.5) is 0 Å². The topological polar surface area (TPSA) is 64.5 Å². The molecule has 6 nitrogen and oxygen atoms in total. The molecule has 1 aliphatic heterocycles. The van der Waals surface area contributed by atoms with E-state index < -0.39 is 0 Å². The SMILES string of the molecule is COc1ncccc1C(=O)N1CCC(Oc2ccccn2)C1. The molecule has 1 aliphatic rings. The van der Waals surface area contributed by atoms with Crippen molar-refractivity contribution in [3.8, 4) is 11.8 Å². The second kappa shape index (κ2) is 6.43. The van der Waals surface area contributed by atoms with Crippen LogP contribution in [0.3, 0.4) is 0 Å². The van der Waals surface area contributed by atoms with Crippen LogP contribution in [0.5, 0.6) is 11.8 Å². The first kappa shape index (κ1) is 14.3. The summed E-state index contributed by atoms with van der Waals surface area (Å²) < 4.78 is 10.9. The van der Waals surface area contributed by atoms with Gasteiger partial charge in [0.05, 0.1) is 13.7 Å². The Bertz CT molecular complexity index is 648. The summed E-state index contributed by atoms with van der Waals surface area (Å²) in [6.45, 7) is 1.18. The van der Waals surface area contributed by atoms with E-state index in [1.165, 1.54) is 7.11 Å². The van der Waals surface area contributed by atoms with Crippen molar-refractivity contribution in [1.82, 2.24) is 14.9 Å². The molecule has 3 rings (SSSR count). The summed E-state index contributed by atoms with van der Waals surface area (Å²) in [7, 11) is 1.51. The smallest absolute Gasteiger partial charge is 0.259 e. The van der Waals surface area contributed by atoms with Crippen LogP contribution in [0.1, 0.15) is 16.8 Å². The maximum Gasteiger partial charge on any atom is 0.259 e. The molecule has 1 saturated heterocycles. The van der Waals surface area contributed by atoms with Gasteiger partial charge in [0, 0.05) is 31.4 Å². The third kappa shape index (κ3) is 3.00. The fourth-order valence-corrected chi connectivity index (χ4v) is 2.48. The predicted octanol–water partition coefficient (Wildman–Crippen LogP) is 1.78. The van der Waals surface area contributed by atoms with Gasteiger partial charge in [-0.15, -0.1) is 0 Å². The van der Waals surface area contributed by atoms with Crippen molar-refractivity contribution < 1.29 is 14.3 Å². The fourth-order valence-electron chi connectivity index (χ4n) is 2.48. The molecule has 2 aromatic heterocycles. The molecule has 0 spiro atoms. The highest BCUT2D eigenvalue weighted by Gasteiger charge is 2.30. The lowest BCUT2D eigenvalue weighted by Crippen LogP contribution is -2.31. The monoisotopic (exact) mass is 299 g/mol. The normalized spacial score (nSPS) is 17.3. The molecule has 3 heterocycles. The molecule has 1 fully saturated rings. The van der Waals surface area contributed by atoms with Gasteiger partial charge in [0.25, 0.3) is 5.91 Å². The molecule has 1 atom stereocenters. The molecule has 0 aromatic carbocycles. The highest BCUT2D eigenvalue weighted by Crippen LogP contribution is 2.21. The van der Waals surface area contributed by atoms with Crippen molar-refractivity contribution in [1.29, 1.82) is 0 Å². The van der Waals surface area contributed by atoms with Gasteiger partial charge in [-0.2, -0.15) is 0 Å². The molecule has 0 aliphatic carbocycles. The van der Waals surface area contributed by atoms with E-state index in [1.807, 2.05) is 18.2 Å². The Morgan fingerprint density at radius 2 is 2.09 bits per heavy atom. The number of rotatable bonds is 4. The number of likely N-dealkylation sites (tertiary alicyclic amines) is 1. The number of carbonyl (C=O) groups excluding carboxylic acids is 1. The molecule has 0 radical (unpaired) electrons. The first-order valence-corrected chi connectivity index (χ1v) is 7.14. The zero-order valence-corrected chi connectivity index (χ0v) is 12.3. The predicted molar refractivity (Wildman–Crippen MR) is 80.0 cm³/mol. The van der Waals surface area contributed by atoms with Gasteiger partial charge in [-0.25, -0.2) is 9.97 Å². The van der Waals surface area contributed by atoms with Gasteiger partial charge in [-0.05, 0) is 18.2 Å². The maximum absolute atomic E-state index is 12.6. The summed E-state index contributed by atoms with van der Waals surface area (Å²) in [6, 6.07) is 8.98. The number of hydrogen-bond donors (Lipinski definition) is 0. The summed E-state index contributed by atoms with van der Waals surface area (Å²) in [4.78, 5) is 22.5. The standard InChI is InChI=1S/C16H17N3O3/c1-21-15-13(5-4-9-18-15)16(20)19-10-7-12(11-19)22-14-6-2-3-8-17-14/h2-6,8-9,12H,7,10-11H2,1H3. The summed E-state index contributed by atoms with van der Waals surface area (Å²) in [5.41, 5.74) is 0.475. The van der Waals surface area contributed by atoms with E-state index >= 15 is 0 Å². The molecule has 6 heteroatoms. The summed E-state index contributed by atoms with van der Waals surface area (Å²) >= 11 is 0. The number of methoxy groups -OCH3 is 1. The number of aromatic nitrogens is 2. The average Bonchev–Trinajstić information content (AvgIpc) is 3.03. The summed E-state index contributed by atoms with van der Waals surface area (Å²) in [5.74, 6) is 0.847. The second-order valence-electron chi connectivity index (χ2n) is 5.01. The van der Waals surface area contributed by atoms with Crippen LogP contribution in [0.25, 0.3) is 0 Å². The lowest BCUT2D eigenvalue weighted by molar-refractivity contribution is 0.0767. The van der Waals surface area contributed by atoms with Crippen LogP contribution in [-0.4, -0.2) is 47.1 Å². The summed E-state index contributed by atoms with van der Waals surface area (Å²) in [6.07, 6.45) is 4.03. The second-order valence-corrected chi connectivity index (χ2v) is 5.01. The molecular formula is C16H17N3O3. The molecule has 2 aromatic rings. The van der Waals surface area contributed by atoms with Crippen molar-refractivity contribution in [2.24, 2.45) is 0 Å². The van der Waals surface area contributed by atoms with E-state index in [-0.39, 0.29) is 12.0 Å². The van der Waals surface area contributed by atoms with E-state index in [2.05, 4.69) is 9.97 Å². The minimum atomic E-state index is -0.0860. The van der Waals surface area contributed by atoms with Gasteiger partial charge in [0.1, 0.15) is 11.7 Å². The van der Waals surface area contributed by atoms with Gasteiger partial charge < -0.3 is 14.4 Å². The number of carbonyl (C=O) groups is 1. The van der Waals surface area contributed by atoms with Gasteiger partial charge in [0.2, 0.25) is 11.8 Å². The van der Waals surface area contributed by atoms with E-state index in [0.717, 1.165) is 6.42 Å². The van der Waals surface area contributed by atoms with Crippen LogP contribution >= 0.6 is 0 Å². The van der Waals surface area contributed by atoms with Crippen LogP contribution in [-0.2, 0) is 0 Å². The molecule has 114 valence electrons. The van der Waals surface area contributed by atoms with Crippen LogP contribution < -0.4 is 9.47 Å². The number of amides is 1. The zero-order chi connectivity index (χ0) is 15.4. The number of hydrogen-bond acceptors (Lipinski definition) is 5. The van der Waals surface area contributed by atoms with Crippen molar-refractivity contribution in [3.63, 3.8) is 0 Å². The minimum absolute atomic E-state index is 0.0403. The third-order valence-corrected chi connectivity index (χ3v) is 3.55.